The molecule has 0 unspecified atom stereocenters. The summed E-state index contributed by atoms with van der Waals surface area (Å²) in [5.74, 6) is -1.02. The van der Waals surface area contributed by atoms with Crippen LogP contribution in [-0.2, 0) is 19.1 Å². The zero-order chi connectivity index (χ0) is 17.1. The van der Waals surface area contributed by atoms with Gasteiger partial charge in [-0.05, 0) is 24.3 Å². The largest absolute Gasteiger partial charge is 0.395 e. The zero-order valence-electron chi connectivity index (χ0n) is 12.9. The number of anilines is 2. The van der Waals surface area contributed by atoms with Gasteiger partial charge in [0.15, 0.2) is 0 Å². The van der Waals surface area contributed by atoms with Crippen LogP contribution in [0.3, 0.4) is 0 Å². The van der Waals surface area contributed by atoms with Crippen LogP contribution in [0.4, 0.5) is 11.4 Å². The number of morpholine rings is 1. The third-order valence-corrected chi connectivity index (χ3v) is 3.78. The van der Waals surface area contributed by atoms with Crippen LogP contribution in [0.2, 0.25) is 0 Å². The molecule has 8 nitrogen and oxygen atoms in total. The molecule has 24 heavy (non-hydrogen) atoms. The molecular formula is C16H17N3O5. The van der Waals surface area contributed by atoms with Crippen LogP contribution in [-0.4, -0.2) is 60.6 Å². The van der Waals surface area contributed by atoms with Gasteiger partial charge in [-0.15, -0.1) is 0 Å². The highest BCUT2D eigenvalue weighted by Gasteiger charge is 2.30. The highest BCUT2D eigenvalue weighted by Crippen LogP contribution is 2.22. The summed E-state index contributed by atoms with van der Waals surface area (Å²) in [4.78, 5) is 38.2. The summed E-state index contributed by atoms with van der Waals surface area (Å²) in [7, 11) is 0. The fourth-order valence-corrected chi connectivity index (χ4v) is 2.58. The lowest BCUT2D eigenvalue weighted by atomic mass is 10.2. The summed E-state index contributed by atoms with van der Waals surface area (Å²) in [6.45, 7) is 0.762. The van der Waals surface area contributed by atoms with Gasteiger partial charge in [-0.2, -0.15) is 0 Å². The third kappa shape index (κ3) is 3.15. The van der Waals surface area contributed by atoms with E-state index in [4.69, 9.17) is 9.84 Å². The fraction of sp³-hybridized carbons (Fsp3) is 0.312. The Balaban J connectivity index is 1.69. The second-order valence-corrected chi connectivity index (χ2v) is 5.35. The molecule has 0 saturated carbocycles. The number of nitrogens with one attached hydrogen (secondary N) is 1. The van der Waals surface area contributed by atoms with Crippen molar-refractivity contribution < 1.29 is 24.2 Å². The number of ether oxygens (including phenoxy) is 1. The van der Waals surface area contributed by atoms with E-state index in [1.54, 1.807) is 29.2 Å². The van der Waals surface area contributed by atoms with Gasteiger partial charge in [0.05, 0.1) is 19.8 Å². The molecule has 1 fully saturated rings. The van der Waals surface area contributed by atoms with Crippen molar-refractivity contribution in [2.45, 2.75) is 0 Å². The van der Waals surface area contributed by atoms with Crippen molar-refractivity contribution in [1.29, 1.82) is 0 Å². The molecule has 2 N–H and O–H groups in total. The van der Waals surface area contributed by atoms with Gasteiger partial charge >= 0.3 is 0 Å². The first-order valence-electron chi connectivity index (χ1n) is 7.54. The lowest BCUT2D eigenvalue weighted by Gasteiger charge is -2.27. The van der Waals surface area contributed by atoms with E-state index < -0.39 is 11.8 Å². The molecule has 0 atom stereocenters. The molecule has 1 saturated heterocycles. The van der Waals surface area contributed by atoms with Crippen molar-refractivity contribution >= 4 is 29.1 Å². The van der Waals surface area contributed by atoms with Crippen molar-refractivity contribution in [1.82, 2.24) is 4.90 Å². The van der Waals surface area contributed by atoms with E-state index in [9.17, 15) is 14.4 Å². The second kappa shape index (κ2) is 6.81. The van der Waals surface area contributed by atoms with Crippen LogP contribution in [0.5, 0.6) is 0 Å². The van der Waals surface area contributed by atoms with Crippen molar-refractivity contribution in [3.63, 3.8) is 0 Å². The van der Waals surface area contributed by atoms with Crippen LogP contribution >= 0.6 is 0 Å². The van der Waals surface area contributed by atoms with E-state index in [0.717, 1.165) is 10.6 Å². The van der Waals surface area contributed by atoms with Crippen molar-refractivity contribution in [2.75, 3.05) is 43.1 Å². The number of β-amino-alcohol motifs (C(OH)–C–C–N with tert-alkyl or cyclic N) is 1. The number of aliphatic hydroxyl groups is 1. The Labute approximate surface area is 138 Å². The molecule has 0 radical (unpaired) electrons. The lowest BCUT2D eigenvalue weighted by Crippen LogP contribution is -2.41. The monoisotopic (exact) mass is 331 g/mol. The number of hydrogen-bond donors (Lipinski definition) is 2. The average Bonchev–Trinajstić information content (AvgIpc) is 2.84. The van der Waals surface area contributed by atoms with Crippen molar-refractivity contribution in [3.05, 3.63) is 36.0 Å². The Bertz CT molecular complexity index is 698. The molecule has 0 aromatic heterocycles. The Morgan fingerprint density at radius 1 is 1.17 bits per heavy atom. The van der Waals surface area contributed by atoms with E-state index >= 15 is 0 Å². The maximum absolute atomic E-state index is 12.1. The summed E-state index contributed by atoms with van der Waals surface area (Å²) in [6, 6.07) is 6.98. The summed E-state index contributed by atoms with van der Waals surface area (Å²) in [5.41, 5.74) is 1.53. The van der Waals surface area contributed by atoms with Crippen LogP contribution in [0.25, 0.3) is 0 Å². The van der Waals surface area contributed by atoms with E-state index in [1.165, 1.54) is 6.08 Å². The Kier molecular flexibility index (Phi) is 4.59. The zero-order valence-corrected chi connectivity index (χ0v) is 12.9. The number of carbonyl (C=O) groups is 3. The molecule has 126 valence electrons. The molecule has 2 heterocycles. The van der Waals surface area contributed by atoms with Gasteiger partial charge in [0, 0.05) is 24.0 Å². The van der Waals surface area contributed by atoms with Gasteiger partial charge in [0.1, 0.15) is 12.3 Å². The smallest absolute Gasteiger partial charge is 0.277 e. The highest BCUT2D eigenvalue weighted by molar-refractivity contribution is 6.17. The Morgan fingerprint density at radius 3 is 2.58 bits per heavy atom. The molecule has 1 aromatic rings. The maximum Gasteiger partial charge on any atom is 0.277 e. The first-order valence-corrected chi connectivity index (χ1v) is 7.54. The molecule has 8 heteroatoms. The Morgan fingerprint density at radius 2 is 1.92 bits per heavy atom. The van der Waals surface area contributed by atoms with Crippen LogP contribution in [0, 0.1) is 0 Å². The first-order chi connectivity index (χ1) is 11.6. The van der Waals surface area contributed by atoms with Gasteiger partial charge in [0.25, 0.3) is 17.7 Å². The number of carbonyl (C=O) groups excluding carboxylic acids is 3. The first kappa shape index (κ1) is 16.2. The molecule has 0 bridgehead atoms. The van der Waals surface area contributed by atoms with Crippen LogP contribution < -0.4 is 10.2 Å². The van der Waals surface area contributed by atoms with Crippen molar-refractivity contribution in [2.24, 2.45) is 0 Å². The summed E-state index contributed by atoms with van der Waals surface area (Å²) in [6.07, 6.45) is 1.21. The van der Waals surface area contributed by atoms with E-state index in [1.807, 2.05) is 0 Å². The number of imide groups is 1. The Hall–Kier alpha value is -2.71. The molecule has 3 rings (SSSR count). The number of rotatable bonds is 5. The molecule has 2 aliphatic heterocycles. The standard InChI is InChI=1S/C16H17N3O5/c20-7-5-19-14(21)9-13(16(19)23)17-11-1-3-12(4-2-11)18-6-8-24-10-15(18)22/h1-4,9,17,20H,5-8,10H2. The minimum absolute atomic E-state index is 0.0303. The topological polar surface area (TPSA) is 99.2 Å². The number of hydrogen-bond acceptors (Lipinski definition) is 6. The lowest BCUT2D eigenvalue weighted by molar-refractivity contribution is -0.137. The number of benzene rings is 1. The van der Waals surface area contributed by atoms with E-state index in [0.29, 0.717) is 18.8 Å². The van der Waals surface area contributed by atoms with E-state index in [2.05, 4.69) is 5.32 Å². The van der Waals surface area contributed by atoms with Gasteiger partial charge in [-0.1, -0.05) is 0 Å². The normalized spacial score (nSPS) is 18.2. The third-order valence-electron chi connectivity index (χ3n) is 3.78. The average molecular weight is 331 g/mol. The van der Waals surface area contributed by atoms with Gasteiger partial charge in [-0.25, -0.2) is 0 Å². The predicted octanol–water partition coefficient (Wildman–Crippen LogP) is -0.293. The summed E-state index contributed by atoms with van der Waals surface area (Å²) < 4.78 is 5.09. The predicted molar refractivity (Wildman–Crippen MR) is 85.1 cm³/mol. The van der Waals surface area contributed by atoms with Gasteiger partial charge in [-0.3, -0.25) is 19.3 Å². The molecule has 0 spiro atoms. The molecule has 1 aromatic carbocycles. The summed E-state index contributed by atoms with van der Waals surface area (Å²) in [5, 5.41) is 11.8. The maximum atomic E-state index is 12.1. The highest BCUT2D eigenvalue weighted by atomic mass is 16.5. The van der Waals surface area contributed by atoms with Gasteiger partial charge < -0.3 is 20.1 Å². The fourth-order valence-electron chi connectivity index (χ4n) is 2.58. The van der Waals surface area contributed by atoms with Crippen molar-refractivity contribution in [3.8, 4) is 0 Å². The number of amides is 3. The minimum atomic E-state index is -0.471. The molecule has 2 aliphatic rings. The molecular weight excluding hydrogens is 314 g/mol. The summed E-state index contributed by atoms with van der Waals surface area (Å²) >= 11 is 0. The van der Waals surface area contributed by atoms with Crippen LogP contribution in [0.15, 0.2) is 36.0 Å². The minimum Gasteiger partial charge on any atom is -0.395 e. The number of nitrogens with zero attached hydrogens (tertiary/aromatic N) is 2. The second-order valence-electron chi connectivity index (χ2n) is 5.35. The number of aliphatic hydroxyl groups excluding tert-OH is 1. The SMILES string of the molecule is O=C1C=C(Nc2ccc(N3CCOCC3=O)cc2)C(=O)N1CCO. The molecule has 0 aliphatic carbocycles. The molecule has 3 amide bonds. The quantitative estimate of drug-likeness (QED) is 0.719. The van der Waals surface area contributed by atoms with Gasteiger partial charge in [0.2, 0.25) is 0 Å². The van der Waals surface area contributed by atoms with Crippen LogP contribution in [0.1, 0.15) is 0 Å². The van der Waals surface area contributed by atoms with E-state index in [-0.39, 0.29) is 31.4 Å².